The Kier molecular flexibility index (Phi) is 5.85. The van der Waals surface area contributed by atoms with Crippen LogP contribution in [0.2, 0.25) is 0 Å². The third kappa shape index (κ3) is 3.78. The number of hydrogen-bond donors (Lipinski definition) is 0. The van der Waals surface area contributed by atoms with Crippen LogP contribution in [0.15, 0.2) is 72.8 Å². The highest BCUT2D eigenvalue weighted by molar-refractivity contribution is 6.43. The van der Waals surface area contributed by atoms with E-state index in [1.165, 1.54) is 12.1 Å². The number of imide groups is 1. The van der Waals surface area contributed by atoms with Gasteiger partial charge in [-0.2, -0.15) is 0 Å². The fraction of sp³-hybridized carbons (Fsp3) is 0.115. The lowest BCUT2D eigenvalue weighted by Crippen LogP contribution is -2.41. The van der Waals surface area contributed by atoms with Crippen LogP contribution in [0.5, 0.6) is 5.75 Å². The van der Waals surface area contributed by atoms with Crippen molar-refractivity contribution >= 4 is 35.1 Å². The van der Waals surface area contributed by atoms with E-state index in [9.17, 15) is 14.4 Å². The van der Waals surface area contributed by atoms with E-state index in [0.717, 1.165) is 10.5 Å². The molecule has 160 valence electrons. The van der Waals surface area contributed by atoms with Crippen LogP contribution in [-0.4, -0.2) is 31.5 Å². The third-order valence-corrected chi connectivity index (χ3v) is 5.16. The molecular formula is C26H21NO5. The molecule has 3 aromatic rings. The van der Waals surface area contributed by atoms with Gasteiger partial charge in [-0.3, -0.25) is 9.59 Å². The average molecular weight is 427 g/mol. The molecule has 0 bridgehead atoms. The number of amides is 2. The fourth-order valence-corrected chi connectivity index (χ4v) is 3.63. The molecule has 2 amide bonds. The van der Waals surface area contributed by atoms with Crippen molar-refractivity contribution in [3.8, 4) is 5.75 Å². The number of benzene rings is 3. The van der Waals surface area contributed by atoms with E-state index < -0.39 is 17.8 Å². The maximum absolute atomic E-state index is 13.5. The number of anilines is 1. The minimum Gasteiger partial charge on any atom is -0.496 e. The van der Waals surface area contributed by atoms with Crippen LogP contribution in [-0.2, 0) is 9.53 Å². The van der Waals surface area contributed by atoms with Crippen LogP contribution < -0.4 is 9.64 Å². The zero-order valence-corrected chi connectivity index (χ0v) is 17.7. The van der Waals surface area contributed by atoms with Crippen molar-refractivity contribution in [2.75, 3.05) is 18.6 Å². The Bertz CT molecular complexity index is 1230. The lowest BCUT2D eigenvalue weighted by molar-refractivity contribution is -0.112. The van der Waals surface area contributed by atoms with E-state index in [0.29, 0.717) is 33.7 Å². The van der Waals surface area contributed by atoms with E-state index in [4.69, 9.17) is 9.47 Å². The van der Waals surface area contributed by atoms with E-state index in [-0.39, 0.29) is 6.61 Å². The van der Waals surface area contributed by atoms with Gasteiger partial charge in [0, 0.05) is 16.7 Å². The predicted molar refractivity (Wildman–Crippen MR) is 122 cm³/mol. The van der Waals surface area contributed by atoms with Crippen LogP contribution in [0, 0.1) is 0 Å². The maximum atomic E-state index is 13.5. The lowest BCUT2D eigenvalue weighted by Gasteiger charge is -2.29. The van der Waals surface area contributed by atoms with Crippen molar-refractivity contribution in [3.63, 3.8) is 0 Å². The first-order valence-electron chi connectivity index (χ1n) is 10.1. The van der Waals surface area contributed by atoms with Crippen molar-refractivity contribution in [1.82, 2.24) is 0 Å². The zero-order chi connectivity index (χ0) is 22.7. The van der Waals surface area contributed by atoms with E-state index in [1.807, 2.05) is 24.3 Å². The first kappa shape index (κ1) is 21.1. The van der Waals surface area contributed by atoms with Crippen molar-refractivity contribution < 1.29 is 23.9 Å². The number of methoxy groups -OCH3 is 1. The molecule has 0 radical (unpaired) electrons. The van der Waals surface area contributed by atoms with Gasteiger partial charge < -0.3 is 9.47 Å². The summed E-state index contributed by atoms with van der Waals surface area (Å²) >= 11 is 0. The Labute approximate surface area is 185 Å². The molecule has 0 spiro atoms. The number of carbonyl (C=O) groups is 3. The minimum atomic E-state index is -0.461. The number of ether oxygens (including phenoxy) is 2. The second-order valence-corrected chi connectivity index (χ2v) is 7.06. The van der Waals surface area contributed by atoms with Gasteiger partial charge in [0.15, 0.2) is 0 Å². The molecule has 1 aliphatic heterocycles. The van der Waals surface area contributed by atoms with Gasteiger partial charge in [0.25, 0.3) is 11.8 Å². The van der Waals surface area contributed by atoms with Gasteiger partial charge in [-0.25, -0.2) is 9.69 Å². The molecule has 4 rings (SSSR count). The molecule has 0 N–H and O–H groups in total. The molecule has 6 nitrogen and oxygen atoms in total. The molecule has 1 heterocycles. The molecule has 0 unspecified atom stereocenters. The molecular weight excluding hydrogens is 406 g/mol. The SMILES string of the molecule is CCOC(=O)c1ccc(N2C(=O)/C(=C\c3ccccc3OC)c3ccccc3C2=O)cc1. The summed E-state index contributed by atoms with van der Waals surface area (Å²) in [4.78, 5) is 39.8. The van der Waals surface area contributed by atoms with Crippen molar-refractivity contribution in [2.24, 2.45) is 0 Å². The number of rotatable bonds is 5. The summed E-state index contributed by atoms with van der Waals surface area (Å²) in [6, 6.07) is 20.6. The van der Waals surface area contributed by atoms with E-state index in [2.05, 4.69) is 0 Å². The van der Waals surface area contributed by atoms with E-state index in [1.54, 1.807) is 56.5 Å². The van der Waals surface area contributed by atoms with Gasteiger partial charge in [0.05, 0.1) is 25.0 Å². The lowest BCUT2D eigenvalue weighted by atomic mass is 9.91. The average Bonchev–Trinajstić information content (AvgIpc) is 2.82. The summed E-state index contributed by atoms with van der Waals surface area (Å²) in [6.45, 7) is 1.99. The molecule has 0 aliphatic carbocycles. The van der Waals surface area contributed by atoms with Gasteiger partial charge in [-0.15, -0.1) is 0 Å². The number of hydrogen-bond acceptors (Lipinski definition) is 5. The second kappa shape index (κ2) is 8.89. The van der Waals surface area contributed by atoms with E-state index >= 15 is 0 Å². The van der Waals surface area contributed by atoms with Gasteiger partial charge in [0.2, 0.25) is 0 Å². The predicted octanol–water partition coefficient (Wildman–Crippen LogP) is 4.60. The summed E-state index contributed by atoms with van der Waals surface area (Å²) in [5.41, 5.74) is 2.79. The van der Waals surface area contributed by atoms with Gasteiger partial charge in [-0.1, -0.05) is 36.4 Å². The molecule has 0 atom stereocenters. The maximum Gasteiger partial charge on any atom is 0.338 e. The number of esters is 1. The van der Waals surface area contributed by atoms with Gasteiger partial charge in [-0.05, 0) is 55.0 Å². The first-order chi connectivity index (χ1) is 15.5. The van der Waals surface area contributed by atoms with Crippen LogP contribution in [0.1, 0.15) is 38.8 Å². The highest BCUT2D eigenvalue weighted by atomic mass is 16.5. The number of para-hydroxylation sites is 1. The van der Waals surface area contributed by atoms with Crippen LogP contribution in [0.25, 0.3) is 11.6 Å². The Hall–Kier alpha value is -4.19. The normalized spacial score (nSPS) is 14.3. The number of carbonyl (C=O) groups excluding carboxylic acids is 3. The van der Waals surface area contributed by atoms with Gasteiger partial charge >= 0.3 is 5.97 Å². The Balaban J connectivity index is 1.81. The standard InChI is InChI=1S/C26H21NO5/c1-3-32-26(30)17-12-14-19(15-13-17)27-24(28)21-10-6-5-9-20(21)22(25(27)29)16-18-8-4-7-11-23(18)31-2/h4-16H,3H2,1-2H3/b22-16-. The Morgan fingerprint density at radius 1 is 0.875 bits per heavy atom. The van der Waals surface area contributed by atoms with Crippen LogP contribution in [0.4, 0.5) is 5.69 Å². The summed E-state index contributed by atoms with van der Waals surface area (Å²) in [5, 5.41) is 0. The quantitative estimate of drug-likeness (QED) is 0.338. The van der Waals surface area contributed by atoms with Crippen molar-refractivity contribution in [1.29, 1.82) is 0 Å². The smallest absolute Gasteiger partial charge is 0.338 e. The highest BCUT2D eigenvalue weighted by Crippen LogP contribution is 2.34. The van der Waals surface area contributed by atoms with Crippen molar-refractivity contribution in [3.05, 3.63) is 95.1 Å². The van der Waals surface area contributed by atoms with Crippen LogP contribution in [0.3, 0.4) is 0 Å². The third-order valence-electron chi connectivity index (χ3n) is 5.16. The first-order valence-corrected chi connectivity index (χ1v) is 10.1. The zero-order valence-electron chi connectivity index (χ0n) is 17.7. The monoisotopic (exact) mass is 427 g/mol. The van der Waals surface area contributed by atoms with Crippen LogP contribution >= 0.6 is 0 Å². The molecule has 32 heavy (non-hydrogen) atoms. The summed E-state index contributed by atoms with van der Waals surface area (Å²) < 4.78 is 10.4. The Morgan fingerprint density at radius 2 is 1.53 bits per heavy atom. The second-order valence-electron chi connectivity index (χ2n) is 7.06. The molecule has 0 aromatic heterocycles. The molecule has 0 saturated heterocycles. The molecule has 6 heteroatoms. The van der Waals surface area contributed by atoms with Gasteiger partial charge in [0.1, 0.15) is 5.75 Å². The topological polar surface area (TPSA) is 72.9 Å². The highest BCUT2D eigenvalue weighted by Gasteiger charge is 2.36. The summed E-state index contributed by atoms with van der Waals surface area (Å²) in [5.74, 6) is -0.722. The summed E-state index contributed by atoms with van der Waals surface area (Å²) in [6.07, 6.45) is 1.73. The molecule has 0 fully saturated rings. The number of nitrogens with zero attached hydrogens (tertiary/aromatic N) is 1. The number of fused-ring (bicyclic) bond motifs is 1. The molecule has 1 aliphatic rings. The fourth-order valence-electron chi connectivity index (χ4n) is 3.63. The summed E-state index contributed by atoms with van der Waals surface area (Å²) in [7, 11) is 1.56. The Morgan fingerprint density at radius 3 is 2.22 bits per heavy atom. The van der Waals surface area contributed by atoms with Crippen molar-refractivity contribution in [2.45, 2.75) is 6.92 Å². The molecule has 3 aromatic carbocycles. The largest absolute Gasteiger partial charge is 0.496 e. The minimum absolute atomic E-state index is 0.261. The molecule has 0 saturated carbocycles.